The number of piperazine rings is 1. The highest BCUT2D eigenvalue weighted by Crippen LogP contribution is 2.26. The number of anilines is 1. The van der Waals surface area contributed by atoms with Gasteiger partial charge in [-0.3, -0.25) is 9.36 Å². The zero-order valence-electron chi connectivity index (χ0n) is 21.7. The second-order valence-electron chi connectivity index (χ2n) is 9.49. The van der Waals surface area contributed by atoms with Gasteiger partial charge in [0.1, 0.15) is 12.6 Å². The number of nitrogens with one attached hydrogen (secondary N) is 1. The van der Waals surface area contributed by atoms with Crippen LogP contribution in [0.2, 0.25) is 10.0 Å². The fraction of sp³-hybridized carbons (Fsp3) is 0.320. The van der Waals surface area contributed by atoms with Crippen molar-refractivity contribution in [1.29, 1.82) is 0 Å². The van der Waals surface area contributed by atoms with E-state index in [2.05, 4.69) is 20.5 Å². The SMILES string of the molecule is NC(=O)C1CN(c2nc(Cn3nc(-c4ccc(Cl)cc4)n(C[C@H](O)C(F)(F)F)c3=O)nn2-c2ccccc2Cl)CCN1. The van der Waals surface area contributed by atoms with Crippen molar-refractivity contribution in [3.63, 3.8) is 0 Å². The summed E-state index contributed by atoms with van der Waals surface area (Å²) in [6, 6.07) is 12.2. The van der Waals surface area contributed by atoms with Crippen molar-refractivity contribution in [2.45, 2.75) is 31.4 Å². The molecule has 0 spiro atoms. The van der Waals surface area contributed by atoms with Gasteiger partial charge in [-0.1, -0.05) is 35.3 Å². The van der Waals surface area contributed by atoms with Gasteiger partial charge in [0.2, 0.25) is 11.9 Å². The van der Waals surface area contributed by atoms with E-state index in [1.807, 2.05) is 0 Å². The Morgan fingerprint density at radius 1 is 1.14 bits per heavy atom. The highest BCUT2D eigenvalue weighted by molar-refractivity contribution is 6.32. The molecular formula is C25H24Cl2F3N9O3. The highest BCUT2D eigenvalue weighted by Gasteiger charge is 2.39. The molecule has 2 aromatic heterocycles. The van der Waals surface area contributed by atoms with Crippen LogP contribution in [0.3, 0.4) is 0 Å². The summed E-state index contributed by atoms with van der Waals surface area (Å²) in [4.78, 5) is 31.6. The first-order chi connectivity index (χ1) is 19.9. The Kier molecular flexibility index (Phi) is 8.28. The summed E-state index contributed by atoms with van der Waals surface area (Å²) >= 11 is 12.4. The minimum absolute atomic E-state index is 0.0878. The lowest BCUT2D eigenvalue weighted by Gasteiger charge is -2.32. The normalized spacial score (nSPS) is 16.5. The largest absolute Gasteiger partial charge is 0.416 e. The molecular weight excluding hydrogens is 602 g/mol. The summed E-state index contributed by atoms with van der Waals surface area (Å²) < 4.78 is 42.8. The van der Waals surface area contributed by atoms with E-state index < -0.39 is 36.5 Å². The molecule has 1 aliphatic heterocycles. The Morgan fingerprint density at radius 2 is 1.86 bits per heavy atom. The van der Waals surface area contributed by atoms with Crippen molar-refractivity contribution in [2.24, 2.45) is 5.73 Å². The number of halogens is 5. The molecule has 1 aliphatic rings. The van der Waals surface area contributed by atoms with Crippen molar-refractivity contribution >= 4 is 35.1 Å². The molecule has 1 amide bonds. The van der Waals surface area contributed by atoms with Crippen molar-refractivity contribution in [3.8, 4) is 17.1 Å². The number of benzene rings is 2. The molecule has 0 saturated carbocycles. The number of amides is 1. The molecule has 0 aliphatic carbocycles. The number of carbonyl (C=O) groups is 1. The third-order valence-electron chi connectivity index (χ3n) is 6.57. The van der Waals surface area contributed by atoms with E-state index in [9.17, 15) is 27.9 Å². The van der Waals surface area contributed by atoms with E-state index in [1.165, 1.54) is 28.9 Å². The molecule has 2 aromatic carbocycles. The summed E-state index contributed by atoms with van der Waals surface area (Å²) in [5.74, 6) is -0.262. The van der Waals surface area contributed by atoms with Crippen LogP contribution in [-0.4, -0.2) is 78.1 Å². The molecule has 2 atom stereocenters. The molecule has 0 radical (unpaired) electrons. The zero-order chi connectivity index (χ0) is 30.2. The first-order valence-corrected chi connectivity index (χ1v) is 13.3. The molecule has 4 aromatic rings. The molecule has 1 saturated heterocycles. The molecule has 42 heavy (non-hydrogen) atoms. The number of hydrogen-bond donors (Lipinski definition) is 3. The van der Waals surface area contributed by atoms with Gasteiger partial charge in [0.25, 0.3) is 0 Å². The number of nitrogens with two attached hydrogens (primary N) is 1. The summed E-state index contributed by atoms with van der Waals surface area (Å²) in [6.07, 6.45) is -7.77. The monoisotopic (exact) mass is 625 g/mol. The number of primary amides is 1. The van der Waals surface area contributed by atoms with Crippen LogP contribution in [-0.2, 0) is 17.9 Å². The lowest BCUT2D eigenvalue weighted by atomic mass is 10.2. The maximum atomic E-state index is 13.3. The molecule has 222 valence electrons. The van der Waals surface area contributed by atoms with Crippen molar-refractivity contribution in [3.05, 3.63) is 74.9 Å². The number of hydrogen-bond acceptors (Lipinski definition) is 8. The number of aliphatic hydroxyl groups is 1. The standard InChI is InChI=1S/C25H24Cl2F3N9O3/c26-15-7-5-14(6-8-15)22-35-38(24(42)37(22)12-19(40)25(28,29)30)13-20-33-23(36-10-9-32-17(11-36)21(31)41)39(34-20)18-4-2-1-3-16(18)27/h1-8,17,19,32,40H,9-13H2,(H2,31,41)/t17?,19-/m0/s1. The van der Waals surface area contributed by atoms with E-state index >= 15 is 0 Å². The molecule has 0 bridgehead atoms. The summed E-state index contributed by atoms with van der Waals surface area (Å²) in [7, 11) is 0. The minimum atomic E-state index is -4.96. The maximum absolute atomic E-state index is 13.3. The Morgan fingerprint density at radius 3 is 2.52 bits per heavy atom. The summed E-state index contributed by atoms with van der Waals surface area (Å²) in [6.45, 7) is -0.361. The van der Waals surface area contributed by atoms with Gasteiger partial charge >= 0.3 is 11.9 Å². The van der Waals surface area contributed by atoms with Gasteiger partial charge in [-0.2, -0.15) is 22.8 Å². The van der Waals surface area contributed by atoms with E-state index in [-0.39, 0.29) is 24.7 Å². The second kappa shape index (κ2) is 11.8. The fourth-order valence-electron chi connectivity index (χ4n) is 4.46. The molecule has 1 fully saturated rings. The molecule has 1 unspecified atom stereocenters. The number of para-hydroxylation sites is 1. The molecule has 5 rings (SSSR count). The minimum Gasteiger partial charge on any atom is -0.382 e. The predicted molar refractivity (Wildman–Crippen MR) is 148 cm³/mol. The number of nitrogens with zero attached hydrogens (tertiary/aromatic N) is 7. The number of carbonyl (C=O) groups excluding carboxylic acids is 1. The van der Waals surface area contributed by atoms with E-state index in [0.29, 0.717) is 40.3 Å². The van der Waals surface area contributed by atoms with Crippen LogP contribution in [0.5, 0.6) is 0 Å². The molecule has 17 heteroatoms. The molecule has 12 nitrogen and oxygen atoms in total. The van der Waals surface area contributed by atoms with Crippen molar-refractivity contribution < 1.29 is 23.1 Å². The highest BCUT2D eigenvalue weighted by atomic mass is 35.5. The van der Waals surface area contributed by atoms with Gasteiger partial charge in [0, 0.05) is 30.2 Å². The smallest absolute Gasteiger partial charge is 0.382 e. The average molecular weight is 626 g/mol. The lowest BCUT2D eigenvalue weighted by molar-refractivity contribution is -0.207. The van der Waals surface area contributed by atoms with Crippen LogP contribution in [0.15, 0.2) is 53.3 Å². The van der Waals surface area contributed by atoms with Crippen LogP contribution in [0.25, 0.3) is 17.1 Å². The van der Waals surface area contributed by atoms with Crippen LogP contribution in [0.4, 0.5) is 19.1 Å². The summed E-state index contributed by atoms with van der Waals surface area (Å²) in [5, 5.41) is 22.3. The van der Waals surface area contributed by atoms with Crippen LogP contribution in [0.1, 0.15) is 5.82 Å². The first kappa shape index (κ1) is 29.6. The third-order valence-corrected chi connectivity index (χ3v) is 7.14. The van der Waals surface area contributed by atoms with E-state index in [1.54, 1.807) is 29.2 Å². The Bertz CT molecular complexity index is 1650. The Hall–Kier alpha value is -3.92. The third kappa shape index (κ3) is 6.13. The fourth-order valence-corrected chi connectivity index (χ4v) is 4.80. The van der Waals surface area contributed by atoms with Crippen LogP contribution < -0.4 is 21.6 Å². The van der Waals surface area contributed by atoms with Gasteiger partial charge < -0.3 is 21.1 Å². The topological polar surface area (TPSA) is 149 Å². The number of rotatable bonds is 8. The average Bonchev–Trinajstić information content (AvgIpc) is 3.50. The Balaban J connectivity index is 1.57. The first-order valence-electron chi connectivity index (χ1n) is 12.6. The van der Waals surface area contributed by atoms with Crippen molar-refractivity contribution in [1.82, 2.24) is 34.4 Å². The van der Waals surface area contributed by atoms with Gasteiger partial charge in [-0.25, -0.2) is 9.48 Å². The van der Waals surface area contributed by atoms with Gasteiger partial charge in [-0.05, 0) is 36.4 Å². The van der Waals surface area contributed by atoms with E-state index in [0.717, 1.165) is 9.25 Å². The predicted octanol–water partition coefficient (Wildman–Crippen LogP) is 1.83. The van der Waals surface area contributed by atoms with Gasteiger partial charge in [0.15, 0.2) is 17.8 Å². The molecule has 3 heterocycles. The van der Waals surface area contributed by atoms with Gasteiger partial charge in [0.05, 0.1) is 17.3 Å². The zero-order valence-corrected chi connectivity index (χ0v) is 23.2. The van der Waals surface area contributed by atoms with E-state index in [4.69, 9.17) is 28.9 Å². The maximum Gasteiger partial charge on any atom is 0.416 e. The summed E-state index contributed by atoms with van der Waals surface area (Å²) in [5.41, 5.74) is 5.35. The number of alkyl halides is 3. The van der Waals surface area contributed by atoms with Crippen LogP contribution >= 0.6 is 23.2 Å². The lowest BCUT2D eigenvalue weighted by Crippen LogP contribution is -2.56. The quantitative estimate of drug-likeness (QED) is 0.268. The number of aliphatic hydroxyl groups excluding tert-OH is 1. The van der Waals surface area contributed by atoms with Crippen molar-refractivity contribution in [2.75, 3.05) is 24.5 Å². The van der Waals surface area contributed by atoms with Gasteiger partial charge in [-0.15, -0.1) is 10.2 Å². The second-order valence-corrected chi connectivity index (χ2v) is 10.3. The van der Waals surface area contributed by atoms with Crippen LogP contribution in [0, 0.1) is 0 Å². The Labute approximate surface area is 246 Å². The number of aromatic nitrogens is 6. The molecule has 4 N–H and O–H groups in total.